The molecule has 1 radical (unpaired) electrons. The van der Waals surface area contributed by atoms with Gasteiger partial charge in [-0.3, -0.25) is 0 Å². The van der Waals surface area contributed by atoms with Crippen molar-refractivity contribution in [1.82, 2.24) is 0 Å². The zero-order valence-electron chi connectivity index (χ0n) is 6.11. The van der Waals surface area contributed by atoms with Crippen molar-refractivity contribution in [2.45, 2.75) is 0 Å². The minimum Gasteiger partial charge on any atom is -1.00 e. The molecule has 0 aromatic carbocycles. The summed E-state index contributed by atoms with van der Waals surface area (Å²) in [5, 5.41) is 0. The second-order valence-corrected chi connectivity index (χ2v) is 0. The maximum Gasteiger partial charge on any atom is 3.00 e. The van der Waals surface area contributed by atoms with Gasteiger partial charge >= 0.3 is 64.3 Å². The zero-order chi connectivity index (χ0) is 0. The summed E-state index contributed by atoms with van der Waals surface area (Å²) in [6.45, 7) is 0. The smallest absolute Gasteiger partial charge is 1.00 e. The molecule has 0 fully saturated rings. The van der Waals surface area contributed by atoms with Gasteiger partial charge in [-0.25, -0.2) is 0 Å². The van der Waals surface area contributed by atoms with Crippen molar-refractivity contribution in [3.8, 4) is 0 Å². The van der Waals surface area contributed by atoms with E-state index in [2.05, 4.69) is 0 Å². The van der Waals surface area contributed by atoms with E-state index in [0.29, 0.717) is 0 Å². The van der Waals surface area contributed by atoms with Crippen LogP contribution in [-0.2, 0) is 0 Å². The van der Waals surface area contributed by atoms with E-state index in [0.717, 1.165) is 0 Å². The second kappa shape index (κ2) is 317. The fourth-order valence-corrected chi connectivity index (χ4v) is 0. The van der Waals surface area contributed by atoms with Crippen molar-refractivity contribution in [3.05, 3.63) is 0 Å². The Hall–Kier alpha value is 3.55. The Balaban J connectivity index is 0. The van der Waals surface area contributed by atoms with Crippen LogP contribution >= 0.6 is 0 Å². The van der Waals surface area contributed by atoms with Gasteiger partial charge in [0.05, 0.1) is 0 Å². The van der Waals surface area contributed by atoms with Gasteiger partial charge in [-0.15, -0.1) is 0 Å². The van der Waals surface area contributed by atoms with Crippen LogP contribution in [0.1, 0.15) is 0 Å². The molecule has 0 aliphatic rings. The molecule has 0 atom stereocenters. The predicted octanol–water partition coefficient (Wildman–Crippen LogP) is -23.3. The van der Waals surface area contributed by atoms with Crippen LogP contribution in [0.4, 0.5) is 0 Å². The van der Waals surface area contributed by atoms with E-state index in [9.17, 15) is 0 Å². The Morgan fingerprint density at radius 3 is 0.286 bits per heavy atom. The first kappa shape index (κ1) is 381. The van der Waals surface area contributed by atoms with Gasteiger partial charge in [0.2, 0.25) is 0 Å². The van der Waals surface area contributed by atoms with Gasteiger partial charge < -0.3 is 107 Å². The Morgan fingerprint density at radius 1 is 0.286 bits per heavy atom. The monoisotopic (exact) mass is 519 g/mol. The van der Waals surface area contributed by atoms with E-state index >= 15 is 0 Å². The van der Waals surface area contributed by atoms with Gasteiger partial charge in [0.25, 0.3) is 0 Å². The van der Waals surface area contributed by atoms with Gasteiger partial charge in [-0.1, -0.05) is 0 Å². The van der Waals surface area contributed by atoms with Crippen LogP contribution in [0.3, 0.4) is 0 Å². The molecule has 0 bridgehead atoms. The molecule has 0 unspecified atom stereocenters. The molecular formula is H12AlCl6O6Yb. The molecule has 0 aromatic heterocycles. The molecule has 0 spiro atoms. The summed E-state index contributed by atoms with van der Waals surface area (Å²) in [4.78, 5) is 0. The summed E-state index contributed by atoms with van der Waals surface area (Å²) < 4.78 is 0. The van der Waals surface area contributed by atoms with Crippen molar-refractivity contribution in [2.75, 3.05) is 0 Å². The zero-order valence-corrected chi connectivity index (χ0v) is 13.5. The fraction of sp³-hybridized carbons (Fsp3) is 0. The van der Waals surface area contributed by atoms with Crippen LogP contribution in [0, 0.1) is 46.9 Å². The molecule has 0 heterocycles. The third kappa shape index (κ3) is 261. The molecule has 14 heteroatoms. The molecule has 0 saturated carbocycles. The van der Waals surface area contributed by atoms with Crippen LogP contribution in [-0.4, -0.2) is 50.2 Å². The molecule has 0 aliphatic carbocycles. The van der Waals surface area contributed by atoms with Crippen molar-refractivity contribution in [1.29, 1.82) is 0 Å². The van der Waals surface area contributed by atoms with Crippen LogP contribution in [0.25, 0.3) is 0 Å². The van der Waals surface area contributed by atoms with Gasteiger partial charge in [0.1, 0.15) is 0 Å². The topological polar surface area (TPSA) is 189 Å². The third-order valence-electron chi connectivity index (χ3n) is 0. The summed E-state index contributed by atoms with van der Waals surface area (Å²) in [6.07, 6.45) is 0. The normalized spacial score (nSPS) is 0. The summed E-state index contributed by atoms with van der Waals surface area (Å²) in [7, 11) is 0. The SMILES string of the molecule is O.O.O.O.O.O.[Al+3].[Cl-].[Cl-].[Cl-].[Cl-].[Cl-].[Cl-].[Yb+3]. The van der Waals surface area contributed by atoms with Crippen LogP contribution in [0.5, 0.6) is 0 Å². The number of halogens is 6. The average Bonchev–Trinajstić information content (AvgIpc) is 0. The molecule has 14 heavy (non-hydrogen) atoms. The standard InChI is InChI=1S/Al.6ClH.6H2O.Yb/h;6*1H;6*1H2;/q+3;;;;;;;;;;;;;+3/p-6. The molecule has 0 rings (SSSR count). The first-order valence-corrected chi connectivity index (χ1v) is 0. The predicted molar refractivity (Wildman–Crippen MR) is 27.4 cm³/mol. The number of hydrogen-bond acceptors (Lipinski definition) is 0. The van der Waals surface area contributed by atoms with Crippen LogP contribution < -0.4 is 74.4 Å². The molecule has 107 valence electrons. The van der Waals surface area contributed by atoms with Crippen molar-refractivity contribution in [2.24, 2.45) is 0 Å². The quantitative estimate of drug-likeness (QED) is 0.274. The summed E-state index contributed by atoms with van der Waals surface area (Å²) >= 11 is 0. The van der Waals surface area contributed by atoms with Crippen molar-refractivity contribution < 1.29 is 154 Å². The summed E-state index contributed by atoms with van der Waals surface area (Å²) in [5.74, 6) is 0. The molecule has 12 N–H and O–H groups in total. The largest absolute Gasteiger partial charge is 3.00 e. The van der Waals surface area contributed by atoms with Gasteiger partial charge in [0, 0.05) is 0 Å². The Labute approximate surface area is 169 Å². The maximum absolute atomic E-state index is 0. The van der Waals surface area contributed by atoms with Gasteiger partial charge in [0.15, 0.2) is 0 Å². The van der Waals surface area contributed by atoms with Gasteiger partial charge in [-0.05, 0) is 0 Å². The minimum atomic E-state index is 0. The van der Waals surface area contributed by atoms with Gasteiger partial charge in [-0.2, -0.15) is 0 Å². The molecule has 0 aliphatic heterocycles. The number of rotatable bonds is 0. The average molecular weight is 521 g/mol. The van der Waals surface area contributed by atoms with E-state index in [1.54, 1.807) is 0 Å². The van der Waals surface area contributed by atoms with E-state index in [-0.39, 0.29) is 172 Å². The fourth-order valence-electron chi connectivity index (χ4n) is 0. The molecule has 0 aromatic rings. The van der Waals surface area contributed by atoms with Crippen LogP contribution in [0.2, 0.25) is 0 Å². The third-order valence-corrected chi connectivity index (χ3v) is 0. The Bertz CT molecular complexity index is 22.3. The maximum atomic E-state index is 0. The Morgan fingerprint density at radius 2 is 0.286 bits per heavy atom. The Kier molecular flexibility index (Phi) is 8640. The number of hydrogen-bond donors (Lipinski definition) is 0. The summed E-state index contributed by atoms with van der Waals surface area (Å²) in [5.41, 5.74) is 0. The minimum absolute atomic E-state index is 0. The van der Waals surface area contributed by atoms with E-state index in [4.69, 9.17) is 0 Å². The second-order valence-electron chi connectivity index (χ2n) is 0. The van der Waals surface area contributed by atoms with E-state index in [1.807, 2.05) is 0 Å². The summed E-state index contributed by atoms with van der Waals surface area (Å²) in [6, 6.07) is 0. The first-order chi connectivity index (χ1) is 0. The molecule has 0 saturated heterocycles. The first-order valence-electron chi connectivity index (χ1n) is 0. The molecular weight excluding hydrogens is 509 g/mol. The van der Waals surface area contributed by atoms with E-state index < -0.39 is 0 Å². The van der Waals surface area contributed by atoms with Crippen molar-refractivity contribution in [3.63, 3.8) is 0 Å². The van der Waals surface area contributed by atoms with E-state index in [1.165, 1.54) is 0 Å². The molecule has 0 amide bonds. The van der Waals surface area contributed by atoms with Crippen molar-refractivity contribution >= 4 is 17.4 Å². The van der Waals surface area contributed by atoms with Crippen LogP contribution in [0.15, 0.2) is 0 Å². The molecule has 6 nitrogen and oxygen atoms in total.